The van der Waals surface area contributed by atoms with Crippen LogP contribution in [0.4, 0.5) is 0 Å². The number of ether oxygens (including phenoxy) is 1. The van der Waals surface area contributed by atoms with E-state index in [9.17, 15) is 14.4 Å². The highest BCUT2D eigenvalue weighted by Crippen LogP contribution is 2.21. The lowest BCUT2D eigenvalue weighted by molar-refractivity contribution is -0.155. The number of piperidine rings is 1. The van der Waals surface area contributed by atoms with Crippen LogP contribution in [-0.4, -0.2) is 48.4 Å². The lowest BCUT2D eigenvalue weighted by atomic mass is 9.99. The van der Waals surface area contributed by atoms with Crippen LogP contribution in [0.15, 0.2) is 18.2 Å². The molecule has 1 aliphatic heterocycles. The van der Waals surface area contributed by atoms with E-state index in [1.165, 1.54) is 12.1 Å². The van der Waals surface area contributed by atoms with Crippen LogP contribution in [0.1, 0.15) is 44.0 Å². The molecule has 0 aromatic heterocycles. The minimum absolute atomic E-state index is 0.190. The van der Waals surface area contributed by atoms with E-state index < -0.39 is 17.9 Å². The van der Waals surface area contributed by atoms with Crippen LogP contribution in [0.3, 0.4) is 0 Å². The summed E-state index contributed by atoms with van der Waals surface area (Å²) in [6.07, 6.45) is 1.90. The molecular weight excluding hydrogens is 403 g/mol. The van der Waals surface area contributed by atoms with Crippen LogP contribution < -0.4 is 5.32 Å². The molecule has 6 nitrogen and oxygen atoms in total. The number of carbonyl (C=O) groups is 3. The summed E-state index contributed by atoms with van der Waals surface area (Å²) in [4.78, 5) is 38.9. The van der Waals surface area contributed by atoms with Crippen LogP contribution in [0.5, 0.6) is 0 Å². The molecule has 1 heterocycles. The van der Waals surface area contributed by atoms with Crippen molar-refractivity contribution in [1.82, 2.24) is 10.2 Å². The SMILES string of the molecule is CC1CCN(C(=O)COC(=O)[C@@H](NC(=O)c2ccc(Cl)cc2Cl)C(C)C)CC1. The molecule has 1 saturated heterocycles. The highest BCUT2D eigenvalue weighted by molar-refractivity contribution is 6.36. The molecule has 2 amide bonds. The molecule has 1 aliphatic rings. The summed E-state index contributed by atoms with van der Waals surface area (Å²) in [7, 11) is 0. The van der Waals surface area contributed by atoms with Gasteiger partial charge in [-0.2, -0.15) is 0 Å². The Bertz CT molecular complexity index is 731. The van der Waals surface area contributed by atoms with E-state index in [4.69, 9.17) is 27.9 Å². The summed E-state index contributed by atoms with van der Waals surface area (Å²) in [6, 6.07) is 3.60. The molecule has 1 fully saturated rings. The molecule has 0 saturated carbocycles. The van der Waals surface area contributed by atoms with Gasteiger partial charge in [-0.3, -0.25) is 9.59 Å². The molecule has 1 aromatic rings. The second kappa shape index (κ2) is 10.1. The molecule has 154 valence electrons. The Kier molecular flexibility index (Phi) is 8.13. The number of hydrogen-bond acceptors (Lipinski definition) is 4. The summed E-state index contributed by atoms with van der Waals surface area (Å²) in [6.45, 7) is 6.75. The van der Waals surface area contributed by atoms with Gasteiger partial charge in [-0.05, 0) is 42.9 Å². The average Bonchev–Trinajstić information content (AvgIpc) is 2.64. The van der Waals surface area contributed by atoms with Gasteiger partial charge in [0.15, 0.2) is 6.61 Å². The summed E-state index contributed by atoms with van der Waals surface area (Å²) >= 11 is 11.9. The minimum atomic E-state index is -0.895. The smallest absolute Gasteiger partial charge is 0.329 e. The summed E-state index contributed by atoms with van der Waals surface area (Å²) in [5.41, 5.74) is 0.211. The van der Waals surface area contributed by atoms with Crippen LogP contribution in [0.25, 0.3) is 0 Å². The fourth-order valence-electron chi connectivity index (χ4n) is 2.96. The largest absolute Gasteiger partial charge is 0.454 e. The third-order valence-corrected chi connectivity index (χ3v) is 5.41. The Morgan fingerprint density at radius 3 is 2.43 bits per heavy atom. The first-order chi connectivity index (χ1) is 13.2. The molecule has 1 aromatic carbocycles. The third kappa shape index (κ3) is 6.11. The Morgan fingerprint density at radius 1 is 1.21 bits per heavy atom. The lowest BCUT2D eigenvalue weighted by Crippen LogP contribution is -2.47. The zero-order chi connectivity index (χ0) is 20.8. The van der Waals surface area contributed by atoms with Gasteiger partial charge in [-0.1, -0.05) is 44.0 Å². The number of carbonyl (C=O) groups excluding carboxylic acids is 3. The Morgan fingerprint density at radius 2 is 1.86 bits per heavy atom. The highest BCUT2D eigenvalue weighted by Gasteiger charge is 2.28. The topological polar surface area (TPSA) is 75.7 Å². The van der Waals surface area contributed by atoms with E-state index in [1.807, 2.05) is 0 Å². The number of esters is 1. The Balaban J connectivity index is 1.94. The predicted octanol–water partition coefficient (Wildman–Crippen LogP) is 3.55. The van der Waals surface area contributed by atoms with Gasteiger partial charge in [0.25, 0.3) is 11.8 Å². The van der Waals surface area contributed by atoms with Gasteiger partial charge >= 0.3 is 5.97 Å². The predicted molar refractivity (Wildman–Crippen MR) is 108 cm³/mol. The van der Waals surface area contributed by atoms with Gasteiger partial charge in [-0.15, -0.1) is 0 Å². The fraction of sp³-hybridized carbons (Fsp3) is 0.550. The molecule has 2 rings (SSSR count). The van der Waals surface area contributed by atoms with E-state index in [0.29, 0.717) is 24.0 Å². The van der Waals surface area contributed by atoms with Crippen molar-refractivity contribution in [2.45, 2.75) is 39.7 Å². The quantitative estimate of drug-likeness (QED) is 0.702. The second-order valence-corrected chi connectivity index (χ2v) is 8.33. The summed E-state index contributed by atoms with van der Waals surface area (Å²) in [5.74, 6) is -0.990. The average molecular weight is 429 g/mol. The van der Waals surface area contributed by atoms with E-state index in [-0.39, 0.29) is 29.0 Å². The van der Waals surface area contributed by atoms with E-state index in [1.54, 1.807) is 24.8 Å². The number of halogens is 2. The van der Waals surface area contributed by atoms with Crippen molar-refractivity contribution < 1.29 is 19.1 Å². The van der Waals surface area contributed by atoms with Gasteiger partial charge in [0.1, 0.15) is 6.04 Å². The molecule has 0 spiro atoms. The van der Waals surface area contributed by atoms with Crippen LogP contribution in [0, 0.1) is 11.8 Å². The van der Waals surface area contributed by atoms with Crippen LogP contribution in [-0.2, 0) is 14.3 Å². The number of amides is 2. The third-order valence-electron chi connectivity index (χ3n) is 4.86. The maximum atomic E-state index is 12.5. The van der Waals surface area contributed by atoms with Crippen LogP contribution >= 0.6 is 23.2 Å². The molecule has 0 radical (unpaired) electrons. The first-order valence-corrected chi connectivity index (χ1v) is 10.1. The highest BCUT2D eigenvalue weighted by atomic mass is 35.5. The Labute approximate surface area is 175 Å². The van der Waals surface area contributed by atoms with Crippen molar-refractivity contribution >= 4 is 41.0 Å². The second-order valence-electron chi connectivity index (χ2n) is 7.49. The zero-order valence-electron chi connectivity index (χ0n) is 16.3. The van der Waals surface area contributed by atoms with E-state index in [0.717, 1.165) is 12.8 Å². The minimum Gasteiger partial charge on any atom is -0.454 e. The normalized spacial score (nSPS) is 16.0. The first kappa shape index (κ1) is 22.5. The molecule has 0 aliphatic carbocycles. The fourth-order valence-corrected chi connectivity index (χ4v) is 3.46. The monoisotopic (exact) mass is 428 g/mol. The molecule has 1 N–H and O–H groups in total. The molecule has 0 bridgehead atoms. The molecule has 1 atom stereocenters. The van der Waals surface area contributed by atoms with E-state index >= 15 is 0 Å². The standard InChI is InChI=1S/C20H26Cl2N2O4/c1-12(2)18(23-19(26)15-5-4-14(21)10-16(15)22)20(27)28-11-17(25)24-8-6-13(3)7-9-24/h4-5,10,12-13,18H,6-9,11H2,1-3H3,(H,23,26)/t18-/m0/s1. The van der Waals surface area contributed by atoms with Gasteiger partial charge in [0.05, 0.1) is 10.6 Å². The van der Waals surface area contributed by atoms with Crippen LogP contribution in [0.2, 0.25) is 10.0 Å². The van der Waals surface area contributed by atoms with Gasteiger partial charge < -0.3 is 15.0 Å². The number of nitrogens with one attached hydrogen (secondary N) is 1. The van der Waals surface area contributed by atoms with Crippen molar-refractivity contribution in [2.75, 3.05) is 19.7 Å². The number of rotatable bonds is 6. The van der Waals surface area contributed by atoms with Crippen molar-refractivity contribution in [3.63, 3.8) is 0 Å². The molecule has 0 unspecified atom stereocenters. The number of nitrogens with zero attached hydrogens (tertiary/aromatic N) is 1. The Hall–Kier alpha value is -1.79. The zero-order valence-corrected chi connectivity index (χ0v) is 17.8. The van der Waals surface area contributed by atoms with Gasteiger partial charge in [-0.25, -0.2) is 4.79 Å². The van der Waals surface area contributed by atoms with Crippen molar-refractivity contribution in [3.05, 3.63) is 33.8 Å². The number of hydrogen-bond donors (Lipinski definition) is 1. The maximum Gasteiger partial charge on any atom is 0.329 e. The summed E-state index contributed by atoms with van der Waals surface area (Å²) < 4.78 is 5.19. The van der Waals surface area contributed by atoms with E-state index in [2.05, 4.69) is 12.2 Å². The summed E-state index contributed by atoms with van der Waals surface area (Å²) in [5, 5.41) is 3.24. The number of benzene rings is 1. The molecule has 28 heavy (non-hydrogen) atoms. The van der Waals surface area contributed by atoms with Gasteiger partial charge in [0.2, 0.25) is 0 Å². The molecule has 8 heteroatoms. The van der Waals surface area contributed by atoms with Crippen molar-refractivity contribution in [3.8, 4) is 0 Å². The van der Waals surface area contributed by atoms with Crippen molar-refractivity contribution in [1.29, 1.82) is 0 Å². The lowest BCUT2D eigenvalue weighted by Gasteiger charge is -2.30. The number of likely N-dealkylation sites (tertiary alicyclic amines) is 1. The molecular formula is C20H26Cl2N2O4. The van der Waals surface area contributed by atoms with Crippen molar-refractivity contribution in [2.24, 2.45) is 11.8 Å². The first-order valence-electron chi connectivity index (χ1n) is 9.39. The van der Waals surface area contributed by atoms with Gasteiger partial charge in [0, 0.05) is 18.1 Å². The maximum absolute atomic E-state index is 12.5.